The molecule has 0 aliphatic rings. The Morgan fingerprint density at radius 1 is 1.15 bits per heavy atom. The number of anilines is 1. The third-order valence-corrected chi connectivity index (χ3v) is 6.02. The molecule has 170 valence electrons. The molecule has 1 unspecified atom stereocenters. The summed E-state index contributed by atoms with van der Waals surface area (Å²) in [6, 6.07) is 16.4. The first kappa shape index (κ1) is 22.8. The number of nitrogens with one attached hydrogen (secondary N) is 2. The fourth-order valence-corrected chi connectivity index (χ4v) is 4.43. The predicted molar refractivity (Wildman–Crippen MR) is 124 cm³/mol. The summed E-state index contributed by atoms with van der Waals surface area (Å²) in [6.45, 7) is 1.69. The van der Waals surface area contributed by atoms with Gasteiger partial charge in [-0.05, 0) is 31.0 Å². The smallest absolute Gasteiger partial charge is 0.236 e. The molecular formula is C22H20N5O4S2-. The highest BCUT2D eigenvalue weighted by Gasteiger charge is 2.20. The molecule has 2 aromatic heterocycles. The highest BCUT2D eigenvalue weighted by atomic mass is 32.2. The summed E-state index contributed by atoms with van der Waals surface area (Å²) in [5.41, 5.74) is 3.10. The number of nitrogens with zero attached hydrogens (tertiary/aromatic N) is 3. The van der Waals surface area contributed by atoms with Crippen molar-refractivity contribution in [1.82, 2.24) is 20.4 Å². The number of hydrogen-bond donors (Lipinski definition) is 2. The van der Waals surface area contributed by atoms with Crippen LogP contribution in [0.4, 0.5) is 5.69 Å². The number of amides is 1. The van der Waals surface area contributed by atoms with E-state index in [4.69, 9.17) is 9.51 Å². The highest BCUT2D eigenvalue weighted by Crippen LogP contribution is 2.28. The van der Waals surface area contributed by atoms with Crippen LogP contribution in [0.3, 0.4) is 0 Å². The maximum atomic E-state index is 12.7. The summed E-state index contributed by atoms with van der Waals surface area (Å²) in [5.74, 6) is 0.444. The molecule has 4 aromatic rings. The molecular weight excluding hydrogens is 462 g/mol. The van der Waals surface area contributed by atoms with Crippen molar-refractivity contribution in [1.29, 1.82) is 0 Å². The molecule has 11 heteroatoms. The second kappa shape index (κ2) is 10.5. The van der Waals surface area contributed by atoms with Crippen LogP contribution in [0, 0.1) is 6.92 Å². The molecule has 2 aromatic carbocycles. The molecule has 0 fully saturated rings. The van der Waals surface area contributed by atoms with Crippen LogP contribution in [-0.2, 0) is 28.9 Å². The molecule has 33 heavy (non-hydrogen) atoms. The van der Waals surface area contributed by atoms with E-state index in [1.165, 1.54) is 11.3 Å². The topological polar surface area (TPSA) is 133 Å². The zero-order valence-corrected chi connectivity index (χ0v) is 19.2. The van der Waals surface area contributed by atoms with Crippen molar-refractivity contribution in [2.45, 2.75) is 25.8 Å². The number of thiazole rings is 1. The normalized spacial score (nSPS) is 12.8. The number of aryl methyl sites for hydroxylation is 1. The Kier molecular flexibility index (Phi) is 7.23. The number of hydrogen-bond acceptors (Lipinski definition) is 8. The molecule has 0 saturated carbocycles. The second-order valence-corrected chi connectivity index (χ2v) is 8.75. The van der Waals surface area contributed by atoms with E-state index < -0.39 is 17.3 Å². The van der Waals surface area contributed by atoms with Gasteiger partial charge in [-0.15, -0.1) is 11.3 Å². The fraction of sp³-hybridized carbons (Fsp3) is 0.182. The SMILES string of the molecule is Cc1noc(CC(=O)N[C@@H](Cc2ccc(NS(=O)[O-])cc2)c2csc(-c3ccccc3)n2)n1. The number of benzene rings is 2. The molecule has 1 amide bonds. The van der Waals surface area contributed by atoms with E-state index in [9.17, 15) is 13.6 Å². The summed E-state index contributed by atoms with van der Waals surface area (Å²) < 4.78 is 29.0. The quantitative estimate of drug-likeness (QED) is 0.350. The van der Waals surface area contributed by atoms with E-state index in [1.807, 2.05) is 35.7 Å². The summed E-state index contributed by atoms with van der Waals surface area (Å²) in [5, 5.41) is 9.52. The van der Waals surface area contributed by atoms with E-state index in [0.717, 1.165) is 21.8 Å². The van der Waals surface area contributed by atoms with Crippen LogP contribution in [0.25, 0.3) is 10.6 Å². The van der Waals surface area contributed by atoms with Crippen LogP contribution in [0.2, 0.25) is 0 Å². The predicted octanol–water partition coefficient (Wildman–Crippen LogP) is 3.35. The first-order chi connectivity index (χ1) is 16.0. The molecule has 9 nitrogen and oxygen atoms in total. The average molecular weight is 483 g/mol. The third-order valence-electron chi connectivity index (χ3n) is 4.71. The molecule has 2 heterocycles. The summed E-state index contributed by atoms with van der Waals surface area (Å²) in [7, 11) is 0. The standard InChI is InChI=1S/C22H21N5O4S2/c1-14-23-21(31-26-14)12-20(28)24-18(11-15-7-9-17(10-8-15)27-33(29)30)19-13-32-22(25-19)16-5-3-2-4-6-16/h2-10,13,18,27H,11-12H2,1H3,(H,24,28)(H,29,30)/p-1/t18-/m0/s1. The molecule has 0 spiro atoms. The lowest BCUT2D eigenvalue weighted by Crippen LogP contribution is -2.31. The molecule has 4 rings (SSSR count). The van der Waals surface area contributed by atoms with Crippen LogP contribution in [-0.4, -0.2) is 29.8 Å². The maximum absolute atomic E-state index is 12.7. The number of rotatable bonds is 9. The summed E-state index contributed by atoms with van der Waals surface area (Å²) in [6.07, 6.45) is 0.429. The van der Waals surface area contributed by atoms with Crippen molar-refractivity contribution in [2.75, 3.05) is 4.72 Å². The number of aromatic nitrogens is 3. The molecule has 2 N–H and O–H groups in total. The largest absolute Gasteiger partial charge is 0.755 e. The van der Waals surface area contributed by atoms with Gasteiger partial charge in [0.1, 0.15) is 11.4 Å². The Labute approximate surface area is 196 Å². The van der Waals surface area contributed by atoms with Gasteiger partial charge in [-0.25, -0.2) is 4.98 Å². The molecule has 0 saturated heterocycles. The van der Waals surface area contributed by atoms with Gasteiger partial charge in [0, 0.05) is 27.9 Å². The Bertz CT molecular complexity index is 1240. The minimum absolute atomic E-state index is 0.0365. The van der Waals surface area contributed by atoms with Gasteiger partial charge in [0.25, 0.3) is 0 Å². The van der Waals surface area contributed by atoms with Gasteiger partial charge in [-0.1, -0.05) is 47.6 Å². The van der Waals surface area contributed by atoms with Gasteiger partial charge in [0.15, 0.2) is 5.82 Å². The zero-order chi connectivity index (χ0) is 23.2. The lowest BCUT2D eigenvalue weighted by molar-refractivity contribution is -0.121. The minimum Gasteiger partial charge on any atom is -0.755 e. The van der Waals surface area contributed by atoms with Crippen LogP contribution >= 0.6 is 11.3 Å². The second-order valence-electron chi connectivity index (χ2n) is 7.21. The van der Waals surface area contributed by atoms with Crippen molar-refractivity contribution < 1.29 is 18.1 Å². The summed E-state index contributed by atoms with van der Waals surface area (Å²) >= 11 is -0.887. The van der Waals surface area contributed by atoms with E-state index in [2.05, 4.69) is 20.2 Å². The zero-order valence-electron chi connectivity index (χ0n) is 17.6. The van der Waals surface area contributed by atoms with Gasteiger partial charge in [-0.2, -0.15) is 4.98 Å². The molecule has 0 bridgehead atoms. The van der Waals surface area contributed by atoms with Crippen LogP contribution in [0.15, 0.2) is 64.5 Å². The van der Waals surface area contributed by atoms with Crippen molar-refractivity contribution in [3.05, 3.63) is 82.9 Å². The minimum atomic E-state index is -2.39. The van der Waals surface area contributed by atoms with E-state index >= 15 is 0 Å². The third kappa shape index (κ3) is 6.31. The van der Waals surface area contributed by atoms with Gasteiger partial charge < -0.3 is 19.1 Å². The van der Waals surface area contributed by atoms with Gasteiger partial charge in [0.2, 0.25) is 11.8 Å². The molecule has 2 atom stereocenters. The summed E-state index contributed by atoms with van der Waals surface area (Å²) in [4.78, 5) is 21.5. The highest BCUT2D eigenvalue weighted by molar-refractivity contribution is 7.80. The van der Waals surface area contributed by atoms with Crippen LogP contribution < -0.4 is 10.0 Å². The molecule has 0 aliphatic heterocycles. The Morgan fingerprint density at radius 2 is 1.91 bits per heavy atom. The van der Waals surface area contributed by atoms with Gasteiger partial charge in [0.05, 0.1) is 11.7 Å². The van der Waals surface area contributed by atoms with E-state index in [0.29, 0.717) is 17.9 Å². The Balaban J connectivity index is 1.54. The lowest BCUT2D eigenvalue weighted by atomic mass is 10.0. The fourth-order valence-electron chi connectivity index (χ4n) is 3.22. The average Bonchev–Trinajstić information content (AvgIpc) is 3.44. The van der Waals surface area contributed by atoms with Gasteiger partial charge in [-0.3, -0.25) is 9.00 Å². The Morgan fingerprint density at radius 3 is 2.58 bits per heavy atom. The van der Waals surface area contributed by atoms with Crippen molar-refractivity contribution in [2.24, 2.45) is 0 Å². The van der Waals surface area contributed by atoms with Crippen LogP contribution in [0.1, 0.15) is 29.0 Å². The van der Waals surface area contributed by atoms with E-state index in [-0.39, 0.29) is 18.2 Å². The van der Waals surface area contributed by atoms with Crippen molar-refractivity contribution in [3.8, 4) is 10.6 Å². The Hall–Kier alpha value is -3.41. The maximum Gasteiger partial charge on any atom is 0.236 e. The number of carbonyl (C=O) groups excluding carboxylic acids is 1. The van der Waals surface area contributed by atoms with Crippen molar-refractivity contribution >= 4 is 34.2 Å². The van der Waals surface area contributed by atoms with E-state index in [1.54, 1.807) is 31.2 Å². The molecule has 0 aliphatic carbocycles. The van der Waals surface area contributed by atoms with Gasteiger partial charge >= 0.3 is 0 Å². The monoisotopic (exact) mass is 482 g/mol. The first-order valence-electron chi connectivity index (χ1n) is 10.0. The lowest BCUT2D eigenvalue weighted by Gasteiger charge is -2.17. The van der Waals surface area contributed by atoms with Crippen molar-refractivity contribution in [3.63, 3.8) is 0 Å². The number of carbonyl (C=O) groups is 1. The molecule has 0 radical (unpaired) electrons. The van der Waals surface area contributed by atoms with Crippen LogP contribution in [0.5, 0.6) is 0 Å². The first-order valence-corrected chi connectivity index (χ1v) is 12.0.